The van der Waals surface area contributed by atoms with Crippen molar-refractivity contribution in [1.82, 2.24) is 4.90 Å². The molecule has 2 saturated carbocycles. The molecule has 2 aromatic rings. The smallest absolute Gasteiger partial charge is 0.235 e. The highest BCUT2D eigenvalue weighted by Crippen LogP contribution is 2.52. The fraction of sp³-hybridized carbons (Fsp3) is 0.500. The number of nitrogens with two attached hydrogens (primary N) is 1. The Labute approximate surface area is 267 Å². The summed E-state index contributed by atoms with van der Waals surface area (Å²) >= 11 is 0. The summed E-state index contributed by atoms with van der Waals surface area (Å²) in [6, 6.07) is 8.05. The molecule has 2 aromatic carbocycles. The fourth-order valence-electron chi connectivity index (χ4n) is 7.46. The molecule has 0 aliphatic heterocycles. The molecule has 0 heterocycles. The first-order valence-corrected chi connectivity index (χ1v) is 15.3. The van der Waals surface area contributed by atoms with Gasteiger partial charge in [-0.2, -0.15) is 0 Å². The number of nitrogens with one attached hydrogen (secondary N) is 1. The van der Waals surface area contributed by atoms with Crippen LogP contribution in [0.3, 0.4) is 0 Å². The van der Waals surface area contributed by atoms with Crippen LogP contribution in [-0.4, -0.2) is 89.6 Å². The van der Waals surface area contributed by atoms with Crippen molar-refractivity contribution in [3.8, 4) is 11.5 Å². The number of likely N-dealkylation sites (N-methyl/N-ethyl adjacent to an activating group) is 1. The number of carbonyl (C=O) groups is 5. The number of para-hydroxylation sites is 1. The number of phenolic OH excluding ortho intramolecular Hbond substituents is 1. The number of primary amides is 1. The summed E-state index contributed by atoms with van der Waals surface area (Å²) in [7, 11) is 6.71. The van der Waals surface area contributed by atoms with Gasteiger partial charge in [-0.25, -0.2) is 0 Å². The molecule has 3 aliphatic rings. The van der Waals surface area contributed by atoms with Crippen molar-refractivity contribution in [3.63, 3.8) is 0 Å². The van der Waals surface area contributed by atoms with Gasteiger partial charge < -0.3 is 30.9 Å². The van der Waals surface area contributed by atoms with E-state index in [2.05, 4.69) is 5.32 Å². The Hall–Kier alpha value is -4.29. The predicted octanol–water partition coefficient (Wildman–Crippen LogP) is 1.72. The molecule has 12 nitrogen and oxygen atoms in total. The molecule has 246 valence electrons. The number of carbonyl (C=O) groups excluding carboxylic acids is 5. The number of benzene rings is 2. The van der Waals surface area contributed by atoms with Crippen LogP contribution in [0.5, 0.6) is 11.5 Å². The molecule has 3 aliphatic carbocycles. The molecule has 0 spiro atoms. The summed E-state index contributed by atoms with van der Waals surface area (Å²) in [6.45, 7) is 6.06. The van der Waals surface area contributed by atoms with E-state index in [1.165, 1.54) is 4.90 Å². The SMILES string of the molecule is CN(C)c1cc(NCc2ccccc2OC(C)(C)C)c(O)c2c1C[C@H]1C[C@H]3[C@H](N(C)C)C(=O)C(C(N)=O)C(=O)[C@@]3(O)C(=O)C1C2=O. The van der Waals surface area contributed by atoms with Crippen LogP contribution in [0.1, 0.15) is 48.7 Å². The Bertz CT molecular complexity index is 1640. The highest BCUT2D eigenvalue weighted by atomic mass is 16.5. The number of rotatable bonds is 7. The fourth-order valence-corrected chi connectivity index (χ4v) is 7.46. The minimum absolute atomic E-state index is 0.0118. The molecular formula is C34H42N4O8. The van der Waals surface area contributed by atoms with Crippen molar-refractivity contribution >= 4 is 40.4 Å². The number of nitrogens with zero attached hydrogens (tertiary/aromatic N) is 2. The Morgan fingerprint density at radius 3 is 2.33 bits per heavy atom. The Kier molecular flexibility index (Phi) is 8.27. The number of anilines is 2. The van der Waals surface area contributed by atoms with Gasteiger partial charge >= 0.3 is 0 Å². The average molecular weight is 635 g/mol. The van der Waals surface area contributed by atoms with Crippen LogP contribution in [-0.2, 0) is 32.1 Å². The number of amides is 1. The van der Waals surface area contributed by atoms with E-state index >= 15 is 0 Å². The zero-order valence-corrected chi connectivity index (χ0v) is 27.2. The minimum atomic E-state index is -2.77. The number of ketones is 4. The van der Waals surface area contributed by atoms with Gasteiger partial charge in [0.05, 0.1) is 23.2 Å². The van der Waals surface area contributed by atoms with E-state index < -0.39 is 70.0 Å². The first-order valence-electron chi connectivity index (χ1n) is 15.3. The molecule has 5 N–H and O–H groups in total. The van der Waals surface area contributed by atoms with Crippen LogP contribution in [0.2, 0.25) is 0 Å². The largest absolute Gasteiger partial charge is 0.505 e. The normalized spacial score (nSPS) is 27.5. The monoisotopic (exact) mass is 634 g/mol. The quantitative estimate of drug-likeness (QED) is 0.257. The molecule has 0 radical (unpaired) electrons. The van der Waals surface area contributed by atoms with Crippen LogP contribution < -0.4 is 20.7 Å². The van der Waals surface area contributed by atoms with Gasteiger partial charge in [-0.1, -0.05) is 18.2 Å². The summed E-state index contributed by atoms with van der Waals surface area (Å²) < 4.78 is 6.10. The van der Waals surface area contributed by atoms with E-state index in [9.17, 15) is 34.2 Å². The number of hydrogen-bond donors (Lipinski definition) is 4. The number of Topliss-reactive ketones (excluding diaryl/α,β-unsaturated/α-hetero) is 4. The van der Waals surface area contributed by atoms with Crippen molar-refractivity contribution in [2.75, 3.05) is 38.4 Å². The third-order valence-electron chi connectivity index (χ3n) is 9.38. The van der Waals surface area contributed by atoms with Gasteiger partial charge in [-0.15, -0.1) is 0 Å². The van der Waals surface area contributed by atoms with E-state index in [4.69, 9.17) is 10.5 Å². The average Bonchev–Trinajstić information content (AvgIpc) is 2.94. The molecule has 5 rings (SSSR count). The number of hydrogen-bond acceptors (Lipinski definition) is 11. The molecule has 2 unspecified atom stereocenters. The van der Waals surface area contributed by atoms with Gasteiger partial charge in [-0.3, -0.25) is 28.9 Å². The summed E-state index contributed by atoms with van der Waals surface area (Å²) in [5.74, 6) is -10.2. The first kappa shape index (κ1) is 33.1. The van der Waals surface area contributed by atoms with Crippen LogP contribution in [0, 0.1) is 23.7 Å². The molecule has 0 bridgehead atoms. The third kappa shape index (κ3) is 5.23. The maximum atomic E-state index is 14.3. The van der Waals surface area contributed by atoms with Crippen molar-refractivity contribution in [1.29, 1.82) is 0 Å². The minimum Gasteiger partial charge on any atom is -0.505 e. The van der Waals surface area contributed by atoms with Gasteiger partial charge in [0.1, 0.15) is 17.1 Å². The zero-order valence-electron chi connectivity index (χ0n) is 27.2. The summed E-state index contributed by atoms with van der Waals surface area (Å²) in [5.41, 5.74) is 4.35. The Morgan fingerprint density at radius 2 is 1.74 bits per heavy atom. The number of phenols is 1. The maximum absolute atomic E-state index is 14.3. The van der Waals surface area contributed by atoms with Crippen LogP contribution in [0.4, 0.5) is 11.4 Å². The van der Waals surface area contributed by atoms with Crippen molar-refractivity contribution in [2.24, 2.45) is 29.4 Å². The van der Waals surface area contributed by atoms with Gasteiger partial charge in [-0.05, 0) is 71.3 Å². The summed E-state index contributed by atoms with van der Waals surface area (Å²) in [4.78, 5) is 70.8. The maximum Gasteiger partial charge on any atom is 0.235 e. The van der Waals surface area contributed by atoms with Crippen molar-refractivity contribution in [2.45, 2.75) is 57.4 Å². The molecule has 6 atom stereocenters. The molecule has 2 fully saturated rings. The topological polar surface area (TPSA) is 180 Å². The Balaban J connectivity index is 1.57. The number of ether oxygens (including phenoxy) is 1. The second-order valence-corrected chi connectivity index (χ2v) is 14.0. The van der Waals surface area contributed by atoms with Gasteiger partial charge in [0.15, 0.2) is 34.7 Å². The number of aliphatic hydroxyl groups is 1. The molecule has 46 heavy (non-hydrogen) atoms. The molecule has 1 amide bonds. The molecular weight excluding hydrogens is 592 g/mol. The molecule has 0 aromatic heterocycles. The first-order chi connectivity index (χ1) is 21.4. The predicted molar refractivity (Wildman–Crippen MR) is 170 cm³/mol. The van der Waals surface area contributed by atoms with E-state index in [0.29, 0.717) is 17.0 Å². The van der Waals surface area contributed by atoms with Crippen LogP contribution >= 0.6 is 0 Å². The lowest BCUT2D eigenvalue weighted by molar-refractivity contribution is -0.181. The summed E-state index contributed by atoms with van der Waals surface area (Å²) in [5, 5.41) is 26.6. The number of fused-ring (bicyclic) bond motifs is 3. The summed E-state index contributed by atoms with van der Waals surface area (Å²) in [6.07, 6.45) is 0.164. The highest BCUT2D eigenvalue weighted by molar-refractivity contribution is 6.32. The van der Waals surface area contributed by atoms with Gasteiger partial charge in [0.25, 0.3) is 0 Å². The van der Waals surface area contributed by atoms with Crippen molar-refractivity contribution < 1.29 is 38.9 Å². The van der Waals surface area contributed by atoms with Crippen LogP contribution in [0.25, 0.3) is 0 Å². The lowest BCUT2D eigenvalue weighted by Gasteiger charge is -2.52. The van der Waals surface area contributed by atoms with E-state index in [1.54, 1.807) is 34.3 Å². The standard InChI is InChI=1S/C34H42N4O8/c1-33(2,3)46-22-11-9-8-10-16(22)15-36-20-14-21(37(4)5)18-12-17-13-19-26(38(6)7)29(41)25(32(35)44)31(43)34(19,45)30(42)23(17)28(40)24(18)27(20)39/h8-11,14,17,19,23,25-26,36,39,45H,12-13,15H2,1-7H3,(H2,35,44)/t17-,19-,23?,25?,26-,34-/m0/s1. The third-order valence-corrected chi connectivity index (χ3v) is 9.38. The van der Waals surface area contributed by atoms with E-state index in [0.717, 1.165) is 5.56 Å². The second kappa shape index (κ2) is 11.5. The molecule has 12 heteroatoms. The highest BCUT2D eigenvalue weighted by Gasteiger charge is 2.69. The van der Waals surface area contributed by atoms with Gasteiger partial charge in [0, 0.05) is 37.8 Å². The molecule has 0 saturated heterocycles. The van der Waals surface area contributed by atoms with Gasteiger partial charge in [0.2, 0.25) is 5.91 Å². The van der Waals surface area contributed by atoms with E-state index in [1.807, 2.05) is 49.9 Å². The zero-order chi connectivity index (χ0) is 34.0. The van der Waals surface area contributed by atoms with Crippen molar-refractivity contribution in [3.05, 3.63) is 47.0 Å². The Morgan fingerprint density at radius 1 is 1.09 bits per heavy atom. The lowest BCUT2D eigenvalue weighted by Crippen LogP contribution is -2.74. The van der Waals surface area contributed by atoms with Crippen LogP contribution in [0.15, 0.2) is 30.3 Å². The number of aromatic hydroxyl groups is 1. The second-order valence-electron chi connectivity index (χ2n) is 14.0. The lowest BCUT2D eigenvalue weighted by atomic mass is 9.52. The van der Waals surface area contributed by atoms with E-state index in [-0.39, 0.29) is 36.4 Å².